The van der Waals surface area contributed by atoms with Crippen molar-refractivity contribution in [2.45, 2.75) is 30.6 Å². The maximum absolute atomic E-state index is 14.1. The number of amides is 1. The van der Waals surface area contributed by atoms with Crippen LogP contribution in [-0.2, 0) is 10.2 Å². The Labute approximate surface area is 197 Å². The Balaban J connectivity index is 1.41. The van der Waals surface area contributed by atoms with Gasteiger partial charge in [-0.25, -0.2) is 10.0 Å². The Bertz CT molecular complexity index is 1090. The van der Waals surface area contributed by atoms with E-state index in [-0.39, 0.29) is 5.91 Å². The first-order valence-electron chi connectivity index (χ1n) is 12.1. The summed E-state index contributed by atoms with van der Waals surface area (Å²) in [5, 5.41) is 3.77. The van der Waals surface area contributed by atoms with Gasteiger partial charge in [0.1, 0.15) is 5.41 Å². The number of rotatable bonds is 6. The number of hydrogen-bond donors (Lipinski definition) is 0. The lowest BCUT2D eigenvalue weighted by molar-refractivity contribution is -0.124. The minimum atomic E-state index is -0.654. The molecule has 0 saturated carbocycles. The molecule has 1 fully saturated rings. The molecule has 4 nitrogen and oxygen atoms in total. The number of para-hydroxylation sites is 1. The van der Waals surface area contributed by atoms with Crippen molar-refractivity contribution in [2.24, 2.45) is 0 Å². The number of anilines is 1. The van der Waals surface area contributed by atoms with Crippen LogP contribution in [0.4, 0.5) is 5.69 Å². The molecule has 33 heavy (non-hydrogen) atoms. The second kappa shape index (κ2) is 9.12. The summed E-state index contributed by atoms with van der Waals surface area (Å²) >= 11 is 0. The Morgan fingerprint density at radius 1 is 0.848 bits per heavy atom. The molecule has 1 atom stereocenters. The van der Waals surface area contributed by atoms with Crippen molar-refractivity contribution < 1.29 is 4.79 Å². The van der Waals surface area contributed by atoms with Gasteiger partial charge < -0.3 is 4.90 Å². The average molecular weight is 440 g/mol. The van der Waals surface area contributed by atoms with Gasteiger partial charge >= 0.3 is 0 Å². The van der Waals surface area contributed by atoms with Crippen LogP contribution in [0.5, 0.6) is 0 Å². The van der Waals surface area contributed by atoms with Crippen LogP contribution in [-0.4, -0.2) is 49.5 Å². The highest BCUT2D eigenvalue weighted by atomic mass is 16.2. The zero-order valence-corrected chi connectivity index (χ0v) is 19.7. The van der Waals surface area contributed by atoms with Crippen LogP contribution in [0.3, 0.4) is 0 Å². The molecule has 3 aromatic carbocycles. The van der Waals surface area contributed by atoms with E-state index in [1.165, 1.54) is 18.4 Å². The molecule has 170 valence electrons. The predicted octanol–water partition coefficient (Wildman–Crippen LogP) is 5.07. The third-order valence-corrected chi connectivity index (χ3v) is 7.48. The first-order valence-corrected chi connectivity index (χ1v) is 12.1. The molecule has 5 rings (SSSR count). The lowest BCUT2D eigenvalue weighted by Gasteiger charge is -2.36. The lowest BCUT2D eigenvalue weighted by Crippen LogP contribution is -2.48. The molecule has 1 amide bonds. The van der Waals surface area contributed by atoms with Crippen LogP contribution in [0.25, 0.3) is 0 Å². The molecule has 0 bridgehead atoms. The maximum Gasteiger partial charge on any atom is 0.256 e. The van der Waals surface area contributed by atoms with E-state index in [9.17, 15) is 4.79 Å². The van der Waals surface area contributed by atoms with Crippen molar-refractivity contribution in [1.29, 1.82) is 0 Å². The van der Waals surface area contributed by atoms with Gasteiger partial charge in [0.2, 0.25) is 0 Å². The normalized spacial score (nSPS) is 21.5. The molecule has 2 aliphatic rings. The van der Waals surface area contributed by atoms with Crippen LogP contribution < -0.4 is 5.01 Å². The Hall–Kier alpha value is -2.95. The number of carbonyl (C=O) groups excluding carboxylic acids is 1. The average Bonchev–Trinajstić information content (AvgIpc) is 3.12. The predicted molar refractivity (Wildman–Crippen MR) is 134 cm³/mol. The summed E-state index contributed by atoms with van der Waals surface area (Å²) in [6.45, 7) is 3.08. The molecule has 0 N–H and O–H groups in total. The minimum absolute atomic E-state index is 0.152. The van der Waals surface area contributed by atoms with E-state index < -0.39 is 5.41 Å². The summed E-state index contributed by atoms with van der Waals surface area (Å²) in [4.78, 5) is 16.7. The van der Waals surface area contributed by atoms with Crippen LogP contribution in [0.1, 0.15) is 41.9 Å². The van der Waals surface area contributed by atoms with Crippen LogP contribution in [0.2, 0.25) is 0 Å². The monoisotopic (exact) mass is 439 g/mol. The third kappa shape index (κ3) is 3.88. The van der Waals surface area contributed by atoms with Gasteiger partial charge in [0.05, 0.1) is 5.69 Å². The first-order chi connectivity index (χ1) is 16.1. The van der Waals surface area contributed by atoms with Gasteiger partial charge in [0, 0.05) is 14.1 Å². The molecule has 4 heteroatoms. The van der Waals surface area contributed by atoms with Crippen molar-refractivity contribution in [2.75, 3.05) is 38.7 Å². The topological polar surface area (TPSA) is 26.8 Å². The summed E-state index contributed by atoms with van der Waals surface area (Å²) in [6.07, 6.45) is 3.14. The summed E-state index contributed by atoms with van der Waals surface area (Å²) in [5.41, 5.74) is 4.01. The molecule has 3 aromatic rings. The van der Waals surface area contributed by atoms with E-state index in [0.29, 0.717) is 5.92 Å². The standard InChI is InChI=1S/C29H33N3O/c1-30(2)32-27-16-10-9-15-26(27)29(28(32)33,25-13-7-4-8-14-25)19-22-31-20-17-24(18-21-31)23-11-5-3-6-12-23/h3-16,24H,17-22H2,1-2H3. The van der Waals surface area contributed by atoms with Crippen molar-refractivity contribution in [3.63, 3.8) is 0 Å². The van der Waals surface area contributed by atoms with Gasteiger partial charge in [-0.15, -0.1) is 0 Å². The highest BCUT2D eigenvalue weighted by Gasteiger charge is 2.52. The smallest absolute Gasteiger partial charge is 0.256 e. The number of fused-ring (bicyclic) bond motifs is 1. The van der Waals surface area contributed by atoms with E-state index in [1.807, 2.05) is 36.2 Å². The van der Waals surface area contributed by atoms with Gasteiger partial charge in [0.15, 0.2) is 0 Å². The van der Waals surface area contributed by atoms with Gasteiger partial charge in [-0.1, -0.05) is 78.9 Å². The number of benzene rings is 3. The highest BCUT2D eigenvalue weighted by Crippen LogP contribution is 2.48. The zero-order valence-electron chi connectivity index (χ0n) is 19.7. The summed E-state index contributed by atoms with van der Waals surface area (Å²) in [5.74, 6) is 0.794. The fourth-order valence-electron chi connectivity index (χ4n) is 5.75. The molecule has 0 radical (unpaired) electrons. The number of nitrogens with zero attached hydrogens (tertiary/aromatic N) is 3. The molecule has 0 aliphatic carbocycles. The summed E-state index contributed by atoms with van der Waals surface area (Å²) in [7, 11) is 3.90. The lowest BCUT2D eigenvalue weighted by atomic mass is 9.72. The van der Waals surface area contributed by atoms with Crippen molar-refractivity contribution in [3.8, 4) is 0 Å². The fraction of sp³-hybridized carbons (Fsp3) is 0.345. The largest absolute Gasteiger partial charge is 0.303 e. The van der Waals surface area contributed by atoms with E-state index in [0.717, 1.165) is 42.9 Å². The number of piperidine rings is 1. The van der Waals surface area contributed by atoms with E-state index in [4.69, 9.17) is 0 Å². The van der Waals surface area contributed by atoms with Crippen molar-refractivity contribution in [1.82, 2.24) is 9.91 Å². The van der Waals surface area contributed by atoms with Crippen LogP contribution in [0.15, 0.2) is 84.9 Å². The van der Waals surface area contributed by atoms with Crippen LogP contribution in [0, 0.1) is 0 Å². The second-order valence-corrected chi connectivity index (χ2v) is 9.53. The molecule has 2 aliphatic heterocycles. The van der Waals surface area contributed by atoms with E-state index in [2.05, 4.69) is 77.7 Å². The Morgan fingerprint density at radius 2 is 1.45 bits per heavy atom. The Kier molecular flexibility index (Phi) is 6.05. The molecular weight excluding hydrogens is 406 g/mol. The van der Waals surface area contributed by atoms with Crippen molar-refractivity contribution in [3.05, 3.63) is 102 Å². The molecule has 0 spiro atoms. The number of likely N-dealkylation sites (tertiary alicyclic amines) is 1. The van der Waals surface area contributed by atoms with Gasteiger partial charge in [0.25, 0.3) is 5.91 Å². The van der Waals surface area contributed by atoms with Crippen molar-refractivity contribution >= 4 is 11.6 Å². The fourth-order valence-corrected chi connectivity index (χ4v) is 5.75. The Morgan fingerprint density at radius 3 is 2.12 bits per heavy atom. The SMILES string of the molecule is CN(C)N1C(=O)C(CCN2CCC(c3ccccc3)CC2)(c2ccccc2)c2ccccc21. The number of hydrazine groups is 1. The highest BCUT2D eigenvalue weighted by molar-refractivity contribution is 6.09. The van der Waals surface area contributed by atoms with E-state index in [1.54, 1.807) is 0 Å². The summed E-state index contributed by atoms with van der Waals surface area (Å²) < 4.78 is 0. The summed E-state index contributed by atoms with van der Waals surface area (Å²) in [6, 6.07) is 29.6. The van der Waals surface area contributed by atoms with Gasteiger partial charge in [-0.05, 0) is 67.6 Å². The van der Waals surface area contributed by atoms with E-state index >= 15 is 0 Å². The number of hydrogen-bond acceptors (Lipinski definition) is 3. The number of carbonyl (C=O) groups is 1. The second-order valence-electron chi connectivity index (χ2n) is 9.53. The third-order valence-electron chi connectivity index (χ3n) is 7.48. The molecule has 1 unspecified atom stereocenters. The first kappa shape index (κ1) is 21.9. The van der Waals surface area contributed by atoms with Gasteiger partial charge in [-0.2, -0.15) is 0 Å². The molecule has 1 saturated heterocycles. The maximum atomic E-state index is 14.1. The molecule has 2 heterocycles. The zero-order chi connectivity index (χ0) is 22.8. The quantitative estimate of drug-likeness (QED) is 0.537. The van der Waals surface area contributed by atoms with Gasteiger partial charge in [-0.3, -0.25) is 4.79 Å². The minimum Gasteiger partial charge on any atom is -0.303 e. The molecule has 0 aromatic heterocycles. The molecular formula is C29H33N3O. The van der Waals surface area contributed by atoms with Crippen LogP contribution >= 0.6 is 0 Å².